The zero-order valence-electron chi connectivity index (χ0n) is 33.6. The Kier molecular flexibility index (Phi) is 15.3. The van der Waals surface area contributed by atoms with Gasteiger partial charge in [0.15, 0.2) is 0 Å². The van der Waals surface area contributed by atoms with Crippen LogP contribution in [0.4, 0.5) is 26.3 Å². The Hall–Kier alpha value is -5.62. The molecule has 0 unspecified atom stereocenters. The molecule has 0 bridgehead atoms. The van der Waals surface area contributed by atoms with Gasteiger partial charge in [-0.3, -0.25) is 14.4 Å². The van der Waals surface area contributed by atoms with Crippen LogP contribution in [-0.4, -0.2) is 76.7 Å². The van der Waals surface area contributed by atoms with Gasteiger partial charge < -0.3 is 26.0 Å². The SMILES string of the molecule is CC(=O)N[C@@H](CCCCNC(=O)c1ccc(C#CI2OC(C(F)(F)F)(C(F)(F)F)c3ccccc32)cc1)C(=O)N[C@@H](CC(C)C)C(=O)N[C@@H](Cc1c[nH]c2ccccc12)C(=O)O. The number of carboxylic acid groups (broad SMARTS) is 1. The van der Waals surface area contributed by atoms with Gasteiger partial charge in [0.05, 0.1) is 0 Å². The molecule has 0 fully saturated rings. The second-order valence-corrected chi connectivity index (χ2v) is 18.5. The first-order valence-electron chi connectivity index (χ1n) is 19.4. The van der Waals surface area contributed by atoms with E-state index in [-0.39, 0.29) is 46.4 Å². The molecule has 1 aliphatic rings. The van der Waals surface area contributed by atoms with E-state index in [2.05, 4.69) is 36.1 Å². The number of aromatic nitrogens is 1. The third kappa shape index (κ3) is 11.2. The number of carboxylic acids is 1. The normalized spacial score (nSPS) is 15.4. The van der Waals surface area contributed by atoms with Crippen molar-refractivity contribution in [2.75, 3.05) is 6.54 Å². The first kappa shape index (κ1) is 47.4. The standard InChI is InChI=1S/C43H44F6IN5O7/c1-25(2)22-35(39(59)55-36(40(60)61)23-29-24-52-33-13-7-4-10-30(29)33)54-38(58)34(53-26(3)56)14-8-9-21-51-37(57)28-17-15-27(16-18-28)19-20-50-32-12-6-5-11-31(32)41(62-50,42(44,45)46)43(47,48)49/h4-7,10-13,15-18,24-25,34-36,52H,8-9,14,21-23H2,1-3H3,(H,51,57)(H,53,56)(H,54,58)(H,55,59)(H,60,61)/t34-,35-,36-/m0/s1. The Balaban J connectivity index is 1.14. The molecule has 19 heteroatoms. The number of benzene rings is 3. The number of H-pyrrole nitrogens is 1. The number of aliphatic carboxylic acids is 1. The number of fused-ring (bicyclic) bond motifs is 2. The third-order valence-electron chi connectivity index (χ3n) is 9.81. The van der Waals surface area contributed by atoms with Crippen LogP contribution < -0.4 is 21.3 Å². The van der Waals surface area contributed by atoms with Gasteiger partial charge >= 0.3 is 194 Å². The molecule has 12 nitrogen and oxygen atoms in total. The van der Waals surface area contributed by atoms with Gasteiger partial charge in [-0.05, 0) is 24.0 Å². The van der Waals surface area contributed by atoms with E-state index < -0.39 is 91.5 Å². The van der Waals surface area contributed by atoms with Crippen molar-refractivity contribution >= 4 is 60.7 Å². The Morgan fingerprint density at radius 2 is 1.45 bits per heavy atom. The maximum absolute atomic E-state index is 13.9. The van der Waals surface area contributed by atoms with Crippen LogP contribution in [0.25, 0.3) is 10.9 Å². The van der Waals surface area contributed by atoms with Crippen LogP contribution in [0.15, 0.2) is 79.0 Å². The minimum absolute atomic E-state index is 0.0135. The molecule has 0 saturated carbocycles. The average molecular weight is 984 g/mol. The van der Waals surface area contributed by atoms with Crippen molar-refractivity contribution in [1.29, 1.82) is 0 Å². The van der Waals surface area contributed by atoms with Gasteiger partial charge in [-0.25, -0.2) is 4.79 Å². The largest absolute Gasteiger partial charge is 0.480 e. The molecule has 332 valence electrons. The number of nitrogens with one attached hydrogen (secondary N) is 5. The van der Waals surface area contributed by atoms with Crippen molar-refractivity contribution in [2.24, 2.45) is 5.92 Å². The fraction of sp³-hybridized carbons (Fsp3) is 0.372. The zero-order valence-corrected chi connectivity index (χ0v) is 35.8. The summed E-state index contributed by atoms with van der Waals surface area (Å²) in [5, 5.41) is 21.3. The van der Waals surface area contributed by atoms with Crippen molar-refractivity contribution in [1.82, 2.24) is 26.3 Å². The maximum atomic E-state index is 13.9. The number of hydrogen-bond donors (Lipinski definition) is 6. The molecule has 1 aromatic heterocycles. The summed E-state index contributed by atoms with van der Waals surface area (Å²) in [6.45, 7) is 5.05. The summed E-state index contributed by atoms with van der Waals surface area (Å²) in [5.74, 6) is -1.07. The number of carbonyl (C=O) groups excluding carboxylic acids is 4. The number of rotatable bonds is 16. The smallest absolute Gasteiger partial charge is 0.326 e. The van der Waals surface area contributed by atoms with E-state index in [0.717, 1.165) is 29.1 Å². The minimum Gasteiger partial charge on any atom is -0.480 e. The first-order chi connectivity index (χ1) is 29.2. The number of unbranched alkanes of at least 4 members (excludes halogenated alkanes) is 1. The van der Waals surface area contributed by atoms with Crippen molar-refractivity contribution in [3.8, 4) is 9.85 Å². The molecule has 0 spiro atoms. The van der Waals surface area contributed by atoms with E-state index in [0.29, 0.717) is 18.4 Å². The predicted molar refractivity (Wildman–Crippen MR) is 224 cm³/mol. The number of hydrogen-bond acceptors (Lipinski definition) is 6. The summed E-state index contributed by atoms with van der Waals surface area (Å²) in [6.07, 6.45) is -8.86. The van der Waals surface area contributed by atoms with Crippen LogP contribution in [0.1, 0.15) is 73.5 Å². The third-order valence-corrected chi connectivity index (χ3v) is 13.7. The molecule has 0 aliphatic carbocycles. The number of carbonyl (C=O) groups is 5. The van der Waals surface area contributed by atoms with Crippen LogP contribution in [-0.2, 0) is 34.3 Å². The number of halogens is 7. The summed E-state index contributed by atoms with van der Waals surface area (Å²) in [6, 6.07) is 13.8. The molecule has 4 aromatic rings. The molecule has 4 amide bonds. The molecule has 0 saturated heterocycles. The van der Waals surface area contributed by atoms with E-state index in [1.807, 2.05) is 38.1 Å². The van der Waals surface area contributed by atoms with Crippen LogP contribution in [0.5, 0.6) is 0 Å². The van der Waals surface area contributed by atoms with E-state index in [4.69, 9.17) is 3.07 Å². The summed E-state index contributed by atoms with van der Waals surface area (Å²) >= 11 is -3.78. The zero-order chi connectivity index (χ0) is 45.4. The van der Waals surface area contributed by atoms with Gasteiger partial charge in [-0.2, -0.15) is 0 Å². The van der Waals surface area contributed by atoms with E-state index >= 15 is 0 Å². The van der Waals surface area contributed by atoms with Gasteiger partial charge in [-0.15, -0.1) is 0 Å². The quantitative estimate of drug-likeness (QED) is 0.0307. The molecule has 62 heavy (non-hydrogen) atoms. The monoisotopic (exact) mass is 983 g/mol. The first-order valence-corrected chi connectivity index (χ1v) is 22.4. The molecule has 1 aliphatic heterocycles. The topological polar surface area (TPSA) is 179 Å². The molecule has 6 N–H and O–H groups in total. The Morgan fingerprint density at radius 1 is 0.823 bits per heavy atom. The van der Waals surface area contributed by atoms with E-state index in [1.54, 1.807) is 6.20 Å². The van der Waals surface area contributed by atoms with E-state index in [1.165, 1.54) is 37.3 Å². The Bertz CT molecular complexity index is 2320. The maximum Gasteiger partial charge on any atom is 0.326 e. The molecule has 5 rings (SSSR count). The number of aromatic amines is 1. The number of alkyl halides is 6. The second kappa shape index (κ2) is 20.0. The van der Waals surface area contributed by atoms with Gasteiger partial charge in [0.1, 0.15) is 18.1 Å². The summed E-state index contributed by atoms with van der Waals surface area (Å²) in [7, 11) is 0. The van der Waals surface area contributed by atoms with Crippen molar-refractivity contribution in [2.45, 2.75) is 89.0 Å². The van der Waals surface area contributed by atoms with Crippen molar-refractivity contribution in [3.63, 3.8) is 0 Å². The summed E-state index contributed by atoms with van der Waals surface area (Å²) < 4.78 is 90.8. The predicted octanol–water partition coefficient (Wildman–Crippen LogP) is 6.87. The van der Waals surface area contributed by atoms with Crippen molar-refractivity contribution in [3.05, 3.63) is 105 Å². The van der Waals surface area contributed by atoms with Crippen molar-refractivity contribution < 1.29 is 58.5 Å². The van der Waals surface area contributed by atoms with Gasteiger partial charge in [-0.1, -0.05) is 32.0 Å². The second-order valence-electron chi connectivity index (χ2n) is 14.9. The van der Waals surface area contributed by atoms with Gasteiger partial charge in [0.2, 0.25) is 17.7 Å². The molecular formula is C43H44F6IN5O7. The van der Waals surface area contributed by atoms with Crippen LogP contribution in [0.2, 0.25) is 0 Å². The Labute approximate surface area is 360 Å². The van der Waals surface area contributed by atoms with Gasteiger partial charge in [0.25, 0.3) is 0 Å². The minimum atomic E-state index is -5.78. The van der Waals surface area contributed by atoms with Crippen LogP contribution in [0, 0.1) is 19.3 Å². The summed E-state index contributed by atoms with van der Waals surface area (Å²) in [4.78, 5) is 67.1. The number of para-hydroxylation sites is 1. The molecular weight excluding hydrogens is 939 g/mol. The fourth-order valence-corrected chi connectivity index (χ4v) is 11.0. The number of amides is 4. The summed E-state index contributed by atoms with van der Waals surface area (Å²) in [5.41, 5.74) is -3.56. The molecule has 0 radical (unpaired) electrons. The molecule has 3 aromatic carbocycles. The van der Waals surface area contributed by atoms with Crippen LogP contribution in [0.3, 0.4) is 0 Å². The van der Waals surface area contributed by atoms with Gasteiger partial charge in [0, 0.05) is 30.4 Å². The average Bonchev–Trinajstić information content (AvgIpc) is 3.78. The molecule has 2 heterocycles. The Morgan fingerprint density at radius 3 is 2.10 bits per heavy atom. The fourth-order valence-electron chi connectivity index (χ4n) is 6.78. The van der Waals surface area contributed by atoms with Crippen LogP contribution >= 0.6 is 20.2 Å². The molecule has 3 atom stereocenters. The van der Waals surface area contributed by atoms with E-state index in [9.17, 15) is 55.4 Å².